The summed E-state index contributed by atoms with van der Waals surface area (Å²) in [6.45, 7) is 3.84. The molecule has 2 unspecified atom stereocenters. The first-order valence-corrected chi connectivity index (χ1v) is 5.01. The number of hydrogen-bond acceptors (Lipinski definition) is 3. The molecule has 14 heavy (non-hydrogen) atoms. The molecule has 0 aromatic carbocycles. The summed E-state index contributed by atoms with van der Waals surface area (Å²) in [5.74, 6) is 1.84. The van der Waals surface area contributed by atoms with E-state index in [4.69, 9.17) is 5.26 Å². The molecule has 4 heteroatoms. The van der Waals surface area contributed by atoms with E-state index in [1.54, 1.807) is 0 Å². The number of nitrogens with zero attached hydrogens (tertiary/aromatic N) is 4. The average Bonchev–Trinajstić information content (AvgIpc) is 2.71. The molecule has 0 aliphatic heterocycles. The van der Waals surface area contributed by atoms with Gasteiger partial charge in [0.15, 0.2) is 0 Å². The van der Waals surface area contributed by atoms with Crippen molar-refractivity contribution in [3.05, 3.63) is 11.6 Å². The maximum atomic E-state index is 8.98. The SMILES string of the molecule is Cc1nc(C)n(C2CCCC2C#N)n1. The lowest BCUT2D eigenvalue weighted by atomic mass is 10.1. The Hall–Kier alpha value is -1.37. The Morgan fingerprint density at radius 1 is 1.43 bits per heavy atom. The number of hydrogen-bond donors (Lipinski definition) is 0. The van der Waals surface area contributed by atoms with Crippen LogP contribution in [0, 0.1) is 31.1 Å². The first-order valence-electron chi connectivity index (χ1n) is 5.01. The maximum absolute atomic E-state index is 8.98. The molecule has 1 aliphatic rings. The summed E-state index contributed by atoms with van der Waals surface area (Å²) < 4.78 is 1.93. The molecule has 4 nitrogen and oxygen atoms in total. The fourth-order valence-electron chi connectivity index (χ4n) is 2.23. The summed E-state index contributed by atoms with van der Waals surface area (Å²) in [5, 5.41) is 13.3. The van der Waals surface area contributed by atoms with Gasteiger partial charge in [-0.3, -0.25) is 0 Å². The van der Waals surface area contributed by atoms with Crippen molar-refractivity contribution in [3.63, 3.8) is 0 Å². The van der Waals surface area contributed by atoms with E-state index in [2.05, 4.69) is 16.2 Å². The molecule has 1 saturated carbocycles. The molecule has 0 radical (unpaired) electrons. The lowest BCUT2D eigenvalue weighted by Gasteiger charge is -2.14. The van der Waals surface area contributed by atoms with Crippen LogP contribution >= 0.6 is 0 Å². The number of rotatable bonds is 1. The summed E-state index contributed by atoms with van der Waals surface area (Å²) >= 11 is 0. The van der Waals surface area contributed by atoms with Crippen LogP contribution < -0.4 is 0 Å². The highest BCUT2D eigenvalue weighted by molar-refractivity contribution is 4.99. The first kappa shape index (κ1) is 9.20. The molecular weight excluding hydrogens is 176 g/mol. The molecule has 0 amide bonds. The van der Waals surface area contributed by atoms with Gasteiger partial charge in [0.1, 0.15) is 11.6 Å². The van der Waals surface area contributed by atoms with Crippen LogP contribution in [0.4, 0.5) is 0 Å². The van der Waals surface area contributed by atoms with Gasteiger partial charge in [-0.25, -0.2) is 9.67 Å². The fraction of sp³-hybridized carbons (Fsp3) is 0.700. The smallest absolute Gasteiger partial charge is 0.147 e. The molecular formula is C10H14N4. The minimum atomic E-state index is 0.120. The summed E-state index contributed by atoms with van der Waals surface area (Å²) in [6.07, 6.45) is 3.18. The van der Waals surface area contributed by atoms with Gasteiger partial charge in [-0.2, -0.15) is 10.4 Å². The van der Waals surface area contributed by atoms with Crippen molar-refractivity contribution in [2.24, 2.45) is 5.92 Å². The quantitative estimate of drug-likeness (QED) is 0.678. The summed E-state index contributed by atoms with van der Waals surface area (Å²) in [7, 11) is 0. The molecule has 0 saturated heterocycles. The highest BCUT2D eigenvalue weighted by Gasteiger charge is 2.30. The molecule has 2 rings (SSSR count). The largest absolute Gasteiger partial charge is 0.246 e. The van der Waals surface area contributed by atoms with E-state index in [9.17, 15) is 0 Å². The molecule has 2 atom stereocenters. The standard InChI is InChI=1S/C10H14N4/c1-7-12-8(2)14(13-7)10-5-3-4-9(10)6-11/h9-10H,3-5H2,1-2H3. The zero-order valence-electron chi connectivity index (χ0n) is 8.56. The Bertz CT molecular complexity index is 374. The van der Waals surface area contributed by atoms with Crippen LogP contribution in [0.15, 0.2) is 0 Å². The summed E-state index contributed by atoms with van der Waals surface area (Å²) in [4.78, 5) is 4.27. The number of aromatic nitrogens is 3. The van der Waals surface area contributed by atoms with E-state index >= 15 is 0 Å². The van der Waals surface area contributed by atoms with Gasteiger partial charge >= 0.3 is 0 Å². The van der Waals surface area contributed by atoms with Gasteiger partial charge in [0, 0.05) is 0 Å². The molecule has 1 aromatic heterocycles. The minimum absolute atomic E-state index is 0.120. The van der Waals surface area contributed by atoms with E-state index in [1.807, 2.05) is 18.5 Å². The third-order valence-electron chi connectivity index (χ3n) is 2.87. The van der Waals surface area contributed by atoms with Crippen molar-refractivity contribution in [3.8, 4) is 6.07 Å². The van der Waals surface area contributed by atoms with E-state index in [0.717, 1.165) is 30.9 Å². The highest BCUT2D eigenvalue weighted by atomic mass is 15.4. The number of nitriles is 1. The van der Waals surface area contributed by atoms with Crippen LogP contribution in [0.3, 0.4) is 0 Å². The zero-order valence-corrected chi connectivity index (χ0v) is 8.56. The Labute approximate surface area is 83.6 Å². The van der Waals surface area contributed by atoms with Crippen molar-refractivity contribution < 1.29 is 0 Å². The van der Waals surface area contributed by atoms with E-state index < -0.39 is 0 Å². The predicted molar refractivity (Wildman–Crippen MR) is 51.5 cm³/mol. The molecule has 1 heterocycles. The lowest BCUT2D eigenvalue weighted by molar-refractivity contribution is 0.399. The van der Waals surface area contributed by atoms with Gasteiger partial charge in [-0.1, -0.05) is 0 Å². The second-order valence-electron chi connectivity index (χ2n) is 3.88. The highest BCUT2D eigenvalue weighted by Crippen LogP contribution is 2.35. The fourth-order valence-corrected chi connectivity index (χ4v) is 2.23. The van der Waals surface area contributed by atoms with E-state index in [-0.39, 0.29) is 12.0 Å². The topological polar surface area (TPSA) is 54.5 Å². The van der Waals surface area contributed by atoms with Crippen molar-refractivity contribution in [1.82, 2.24) is 14.8 Å². The van der Waals surface area contributed by atoms with Crippen LogP contribution in [-0.4, -0.2) is 14.8 Å². The van der Waals surface area contributed by atoms with E-state index in [1.165, 1.54) is 0 Å². The van der Waals surface area contributed by atoms with Gasteiger partial charge < -0.3 is 0 Å². The molecule has 74 valence electrons. The predicted octanol–water partition coefficient (Wildman–Crippen LogP) is 1.76. The van der Waals surface area contributed by atoms with Crippen LogP contribution in [-0.2, 0) is 0 Å². The second-order valence-corrected chi connectivity index (χ2v) is 3.88. The van der Waals surface area contributed by atoms with Crippen LogP contribution in [0.25, 0.3) is 0 Å². The maximum Gasteiger partial charge on any atom is 0.147 e. The normalized spacial score (nSPS) is 26.4. The van der Waals surface area contributed by atoms with Crippen molar-refractivity contribution in [2.75, 3.05) is 0 Å². The first-order chi connectivity index (χ1) is 6.72. The van der Waals surface area contributed by atoms with Crippen LogP contribution in [0.1, 0.15) is 37.0 Å². The lowest BCUT2D eigenvalue weighted by Crippen LogP contribution is -2.15. The van der Waals surface area contributed by atoms with Crippen molar-refractivity contribution in [2.45, 2.75) is 39.2 Å². The van der Waals surface area contributed by atoms with Gasteiger partial charge in [0.2, 0.25) is 0 Å². The molecule has 1 aromatic rings. The molecule has 0 bridgehead atoms. The van der Waals surface area contributed by atoms with Gasteiger partial charge in [-0.15, -0.1) is 0 Å². The molecule has 1 aliphatic carbocycles. The Balaban J connectivity index is 2.31. The van der Waals surface area contributed by atoms with Gasteiger partial charge in [-0.05, 0) is 33.1 Å². The molecule has 1 fully saturated rings. The van der Waals surface area contributed by atoms with E-state index in [0.29, 0.717) is 0 Å². The van der Waals surface area contributed by atoms with Gasteiger partial charge in [0.25, 0.3) is 0 Å². The average molecular weight is 190 g/mol. The monoisotopic (exact) mass is 190 g/mol. The Morgan fingerprint density at radius 3 is 2.79 bits per heavy atom. The van der Waals surface area contributed by atoms with Crippen LogP contribution in [0.5, 0.6) is 0 Å². The third-order valence-corrected chi connectivity index (χ3v) is 2.87. The van der Waals surface area contributed by atoms with Crippen LogP contribution in [0.2, 0.25) is 0 Å². The summed E-state index contributed by atoms with van der Waals surface area (Å²) in [5.41, 5.74) is 0. The molecule has 0 spiro atoms. The summed E-state index contributed by atoms with van der Waals surface area (Å²) in [6, 6.07) is 2.61. The second kappa shape index (κ2) is 3.41. The molecule has 0 N–H and O–H groups in total. The van der Waals surface area contributed by atoms with Crippen molar-refractivity contribution >= 4 is 0 Å². The van der Waals surface area contributed by atoms with Crippen molar-refractivity contribution in [1.29, 1.82) is 5.26 Å². The number of aryl methyl sites for hydroxylation is 2. The minimum Gasteiger partial charge on any atom is -0.246 e. The zero-order chi connectivity index (χ0) is 10.1. The Kier molecular flexibility index (Phi) is 2.24. The Morgan fingerprint density at radius 2 is 2.21 bits per heavy atom. The third kappa shape index (κ3) is 1.39. The van der Waals surface area contributed by atoms with Gasteiger partial charge in [0.05, 0.1) is 18.0 Å².